The molecule has 2 aromatic carbocycles. The number of aliphatic imine (C=N–C) groups is 1. The third-order valence-corrected chi connectivity index (χ3v) is 6.55. The van der Waals surface area contributed by atoms with Crippen molar-refractivity contribution in [3.8, 4) is 11.5 Å². The van der Waals surface area contributed by atoms with E-state index < -0.39 is 17.8 Å². The minimum Gasteiger partial charge on any atom is -0.503 e. The number of Topliss-reactive ketones (excluding diaryl/α,β-unsaturated/α-hetero) is 1. The van der Waals surface area contributed by atoms with Crippen LogP contribution in [0.5, 0.6) is 11.5 Å². The number of esters is 1. The van der Waals surface area contributed by atoms with E-state index in [0.29, 0.717) is 34.2 Å². The number of nitrogens with zero attached hydrogens (tertiary/aromatic N) is 1. The number of carbonyl (C=O) groups excluding carboxylic acids is 2. The van der Waals surface area contributed by atoms with E-state index in [0.717, 1.165) is 17.7 Å². The molecule has 1 N–H and O–H groups in total. The SMILES string of the molecule is COc1cc([C@H]2C3=C(CCCC3=O)N=C(C)C2C(=O)OCc2ccccc2)cc(Br)c1O. The fourth-order valence-electron chi connectivity index (χ4n) is 4.42. The Labute approximate surface area is 195 Å². The van der Waals surface area contributed by atoms with Gasteiger partial charge in [-0.05, 0) is 59.0 Å². The molecule has 6 nitrogen and oxygen atoms in total. The minimum absolute atomic E-state index is 0.00322. The molecule has 0 aromatic heterocycles. The van der Waals surface area contributed by atoms with E-state index in [4.69, 9.17) is 9.47 Å². The largest absolute Gasteiger partial charge is 0.503 e. The standard InChI is InChI=1S/C25H24BrNO5/c1-14-21(25(30)32-13-15-7-4-3-5-8-15)22(23-18(27-14)9-6-10-19(23)28)16-11-17(26)24(29)20(12-16)31-2/h3-5,7-8,11-12,21-22,29H,6,9-10,13H2,1-2H3/t21?,22-/m1/s1. The number of halogens is 1. The molecule has 0 radical (unpaired) electrons. The van der Waals surface area contributed by atoms with E-state index in [1.54, 1.807) is 19.1 Å². The summed E-state index contributed by atoms with van der Waals surface area (Å²) in [5.74, 6) is -1.53. The van der Waals surface area contributed by atoms with Gasteiger partial charge >= 0.3 is 5.97 Å². The monoisotopic (exact) mass is 497 g/mol. The highest BCUT2D eigenvalue weighted by Crippen LogP contribution is 2.47. The second-order valence-corrected chi connectivity index (χ2v) is 8.85. The summed E-state index contributed by atoms with van der Waals surface area (Å²) in [6, 6.07) is 12.9. The van der Waals surface area contributed by atoms with Crippen LogP contribution in [-0.4, -0.2) is 29.7 Å². The Balaban J connectivity index is 1.76. The highest BCUT2D eigenvalue weighted by Gasteiger charge is 2.43. The number of benzene rings is 2. The first kappa shape index (κ1) is 22.3. The topological polar surface area (TPSA) is 85.2 Å². The summed E-state index contributed by atoms with van der Waals surface area (Å²) in [5.41, 5.74) is 3.47. The Morgan fingerprint density at radius 1 is 1.22 bits per heavy atom. The van der Waals surface area contributed by atoms with Crippen LogP contribution in [0.2, 0.25) is 0 Å². The first-order valence-electron chi connectivity index (χ1n) is 10.5. The number of aromatic hydroxyl groups is 1. The van der Waals surface area contributed by atoms with Crippen molar-refractivity contribution in [1.29, 1.82) is 0 Å². The van der Waals surface area contributed by atoms with E-state index in [1.165, 1.54) is 7.11 Å². The Morgan fingerprint density at radius 2 is 1.97 bits per heavy atom. The van der Waals surface area contributed by atoms with Crippen molar-refractivity contribution in [3.63, 3.8) is 0 Å². The van der Waals surface area contributed by atoms with E-state index >= 15 is 0 Å². The van der Waals surface area contributed by atoms with Crippen LogP contribution >= 0.6 is 15.9 Å². The van der Waals surface area contributed by atoms with Crippen LogP contribution in [0, 0.1) is 5.92 Å². The van der Waals surface area contributed by atoms with Gasteiger partial charge in [0.05, 0.1) is 11.6 Å². The predicted molar refractivity (Wildman–Crippen MR) is 124 cm³/mol. The van der Waals surface area contributed by atoms with Crippen LogP contribution in [-0.2, 0) is 20.9 Å². The molecule has 0 amide bonds. The van der Waals surface area contributed by atoms with Gasteiger partial charge in [-0.15, -0.1) is 0 Å². The molecule has 2 atom stereocenters. The van der Waals surface area contributed by atoms with Gasteiger partial charge in [0.15, 0.2) is 17.3 Å². The third-order valence-electron chi connectivity index (χ3n) is 5.94. The average Bonchev–Trinajstić information content (AvgIpc) is 2.79. The maximum absolute atomic E-state index is 13.3. The van der Waals surface area contributed by atoms with E-state index in [-0.39, 0.29) is 23.9 Å². The summed E-state index contributed by atoms with van der Waals surface area (Å²) in [7, 11) is 1.46. The van der Waals surface area contributed by atoms with Crippen molar-refractivity contribution in [2.75, 3.05) is 7.11 Å². The van der Waals surface area contributed by atoms with Gasteiger partial charge in [-0.1, -0.05) is 30.3 Å². The first-order chi connectivity index (χ1) is 15.4. The summed E-state index contributed by atoms with van der Waals surface area (Å²) in [4.78, 5) is 31.0. The lowest BCUT2D eigenvalue weighted by Crippen LogP contribution is -2.37. The fourth-order valence-corrected chi connectivity index (χ4v) is 4.88. The highest BCUT2D eigenvalue weighted by atomic mass is 79.9. The van der Waals surface area contributed by atoms with Gasteiger partial charge in [0.25, 0.3) is 0 Å². The van der Waals surface area contributed by atoms with Crippen molar-refractivity contribution in [2.45, 2.75) is 38.7 Å². The molecule has 1 aliphatic carbocycles. The van der Waals surface area contributed by atoms with Gasteiger partial charge in [-0.2, -0.15) is 0 Å². The average molecular weight is 498 g/mol. The molecule has 1 heterocycles. The highest BCUT2D eigenvalue weighted by molar-refractivity contribution is 9.10. The molecular weight excluding hydrogens is 474 g/mol. The molecule has 0 fully saturated rings. The smallest absolute Gasteiger partial charge is 0.315 e. The number of ketones is 1. The maximum Gasteiger partial charge on any atom is 0.315 e. The van der Waals surface area contributed by atoms with Gasteiger partial charge in [0.1, 0.15) is 12.5 Å². The zero-order valence-electron chi connectivity index (χ0n) is 17.9. The minimum atomic E-state index is -0.749. The number of phenols is 1. The Hall–Kier alpha value is -2.93. The molecule has 0 saturated carbocycles. The molecule has 166 valence electrons. The van der Waals surface area contributed by atoms with Crippen LogP contribution in [0.1, 0.15) is 43.2 Å². The number of hydrogen-bond donors (Lipinski definition) is 1. The summed E-state index contributed by atoms with van der Waals surface area (Å²) in [6.45, 7) is 1.94. The first-order valence-corrected chi connectivity index (χ1v) is 11.3. The van der Waals surface area contributed by atoms with Crippen LogP contribution in [0.4, 0.5) is 0 Å². The molecule has 0 bridgehead atoms. The summed E-state index contributed by atoms with van der Waals surface area (Å²) < 4.78 is 11.4. The summed E-state index contributed by atoms with van der Waals surface area (Å²) in [6.07, 6.45) is 1.86. The van der Waals surface area contributed by atoms with Gasteiger partial charge in [-0.25, -0.2) is 0 Å². The van der Waals surface area contributed by atoms with Crippen molar-refractivity contribution in [1.82, 2.24) is 0 Å². The number of hydrogen-bond acceptors (Lipinski definition) is 6. The Kier molecular flexibility index (Phi) is 6.46. The lowest BCUT2D eigenvalue weighted by atomic mass is 9.71. The van der Waals surface area contributed by atoms with Gasteiger partial charge in [0, 0.05) is 29.3 Å². The molecule has 1 unspecified atom stereocenters. The maximum atomic E-state index is 13.3. The molecule has 0 saturated heterocycles. The number of phenolic OH excluding ortho intramolecular Hbond substituents is 1. The van der Waals surface area contributed by atoms with Crippen LogP contribution in [0.15, 0.2) is 63.2 Å². The van der Waals surface area contributed by atoms with E-state index in [1.807, 2.05) is 30.3 Å². The lowest BCUT2D eigenvalue weighted by Gasteiger charge is -2.34. The Bertz CT molecular complexity index is 1120. The van der Waals surface area contributed by atoms with E-state index in [9.17, 15) is 14.7 Å². The number of allylic oxidation sites excluding steroid dienone is 2. The Morgan fingerprint density at radius 3 is 2.69 bits per heavy atom. The van der Waals surface area contributed by atoms with Crippen LogP contribution in [0.3, 0.4) is 0 Å². The second-order valence-electron chi connectivity index (χ2n) is 7.99. The van der Waals surface area contributed by atoms with Gasteiger partial charge in [-0.3, -0.25) is 14.6 Å². The molecule has 32 heavy (non-hydrogen) atoms. The molecule has 2 aromatic rings. The van der Waals surface area contributed by atoms with E-state index in [2.05, 4.69) is 20.9 Å². The van der Waals surface area contributed by atoms with Crippen LogP contribution in [0.25, 0.3) is 0 Å². The number of ether oxygens (including phenoxy) is 2. The second kappa shape index (κ2) is 9.28. The molecule has 7 heteroatoms. The zero-order valence-corrected chi connectivity index (χ0v) is 19.5. The number of rotatable bonds is 5. The van der Waals surface area contributed by atoms with Crippen molar-refractivity contribution < 1.29 is 24.2 Å². The quantitative estimate of drug-likeness (QED) is 0.581. The van der Waals surface area contributed by atoms with Gasteiger partial charge < -0.3 is 14.6 Å². The third kappa shape index (κ3) is 4.21. The van der Waals surface area contributed by atoms with Crippen LogP contribution < -0.4 is 4.74 Å². The van der Waals surface area contributed by atoms with Crippen molar-refractivity contribution in [3.05, 3.63) is 69.3 Å². The van der Waals surface area contributed by atoms with Gasteiger partial charge in [0.2, 0.25) is 0 Å². The molecule has 4 rings (SSSR count). The predicted octanol–water partition coefficient (Wildman–Crippen LogP) is 5.09. The molecular formula is C25H24BrNO5. The summed E-state index contributed by atoms with van der Waals surface area (Å²) >= 11 is 3.36. The number of carbonyl (C=O) groups is 2. The molecule has 1 aliphatic heterocycles. The molecule has 2 aliphatic rings. The summed E-state index contributed by atoms with van der Waals surface area (Å²) in [5, 5.41) is 10.3. The normalized spacial score (nSPS) is 20.5. The molecule has 0 spiro atoms. The number of methoxy groups -OCH3 is 1. The zero-order chi connectivity index (χ0) is 22.8. The fraction of sp³-hybridized carbons (Fsp3) is 0.320. The van der Waals surface area contributed by atoms with Crippen molar-refractivity contribution >= 4 is 33.4 Å². The van der Waals surface area contributed by atoms with Crippen molar-refractivity contribution in [2.24, 2.45) is 10.9 Å². The lowest BCUT2D eigenvalue weighted by molar-refractivity contribution is -0.148.